The number of primary amides is 1. The zero-order chi connectivity index (χ0) is 57.9. The summed E-state index contributed by atoms with van der Waals surface area (Å²) in [6, 6.07) is 44.0. The lowest BCUT2D eigenvalue weighted by atomic mass is 9.87. The highest BCUT2D eigenvalue weighted by atomic mass is 16.6. The number of rotatable bonds is 6. The van der Waals surface area contributed by atoms with Gasteiger partial charge in [-0.25, -0.2) is 14.4 Å². The Morgan fingerprint density at radius 1 is 0.494 bits per heavy atom. The average molecular weight is 1080 g/mol. The van der Waals surface area contributed by atoms with Crippen molar-refractivity contribution in [3.63, 3.8) is 0 Å². The van der Waals surface area contributed by atoms with E-state index in [-0.39, 0.29) is 60.1 Å². The van der Waals surface area contributed by atoms with Crippen LogP contribution in [-0.2, 0) is 23.8 Å². The van der Waals surface area contributed by atoms with Crippen molar-refractivity contribution in [1.82, 2.24) is 20.0 Å². The molecule has 0 bridgehead atoms. The quantitative estimate of drug-likeness (QED) is 0.153. The molecule has 4 amide bonds. The van der Waals surface area contributed by atoms with Crippen LogP contribution in [0, 0.1) is 46.3 Å². The van der Waals surface area contributed by atoms with E-state index in [1.54, 1.807) is 14.7 Å². The van der Waals surface area contributed by atoms with Crippen molar-refractivity contribution in [2.75, 3.05) is 26.2 Å². The monoisotopic (exact) mass is 1080 g/mol. The second-order valence-electron chi connectivity index (χ2n) is 23.6. The van der Waals surface area contributed by atoms with Crippen LogP contribution in [0.2, 0.25) is 0 Å². The van der Waals surface area contributed by atoms with Crippen molar-refractivity contribution in [3.05, 3.63) is 144 Å². The number of carbonyl (C=O) groups excluding carboxylic acids is 4. The van der Waals surface area contributed by atoms with Crippen LogP contribution in [0.3, 0.4) is 0 Å². The first-order valence-corrected chi connectivity index (χ1v) is 27.6. The van der Waals surface area contributed by atoms with Gasteiger partial charge in [0.25, 0.3) is 0 Å². The van der Waals surface area contributed by atoms with E-state index in [9.17, 15) is 34.3 Å². The highest BCUT2D eigenvalue weighted by Gasteiger charge is 2.39. The number of amides is 4. The van der Waals surface area contributed by atoms with Crippen LogP contribution in [-0.4, -0.2) is 92.9 Å². The Balaban J connectivity index is 0.000000196. The molecule has 4 aliphatic heterocycles. The summed E-state index contributed by atoms with van der Waals surface area (Å²) in [5.41, 5.74) is 8.14. The summed E-state index contributed by atoms with van der Waals surface area (Å²) in [6.07, 6.45) is 4.27. The number of nitriles is 2. The fourth-order valence-corrected chi connectivity index (χ4v) is 10.1. The fraction of sp³-hybridized carbons (Fsp3) is 0.508. The van der Waals surface area contributed by atoms with Gasteiger partial charge in [0.15, 0.2) is 0 Å². The number of ether oxygens (including phenoxy) is 3. The van der Waals surface area contributed by atoms with E-state index in [0.717, 1.165) is 36.1 Å². The first-order chi connectivity index (χ1) is 37.4. The molecule has 8 atom stereocenters. The maximum Gasteiger partial charge on any atom is 0.410 e. The molecule has 424 valence electrons. The van der Waals surface area contributed by atoms with Crippen LogP contribution < -0.4 is 11.1 Å². The lowest BCUT2D eigenvalue weighted by Crippen LogP contribution is -2.45. The van der Waals surface area contributed by atoms with E-state index in [0.29, 0.717) is 64.2 Å². The zero-order valence-electron chi connectivity index (χ0n) is 47.7. The Kier molecular flexibility index (Phi) is 22.9. The van der Waals surface area contributed by atoms with Gasteiger partial charge in [0.1, 0.15) is 16.8 Å². The number of carboxylic acids is 1. The SMILES string of the molecule is CC(C)(C)OC(=O)N1CC[C@@H](C#N)C[C@H]1c1ccccc1.CC(C)(C)OC(=O)N1CC[C@@H](C(=O)O)C[C@H]1c1ccccc1.CC(C)(C)OC(=O)N1CC[C@@H](C(N)=O)C[C@H]1c1ccccc1.N#C[C@@H]1CCN[C@H](c2ccccc2)C1. The molecule has 4 N–H and O–H groups in total. The van der Waals surface area contributed by atoms with Crippen LogP contribution in [0.1, 0.15) is 160 Å². The van der Waals surface area contributed by atoms with Crippen LogP contribution >= 0.6 is 0 Å². The average Bonchev–Trinajstić information content (AvgIpc) is 3.51. The molecule has 4 aromatic rings. The third-order valence-corrected chi connectivity index (χ3v) is 14.0. The summed E-state index contributed by atoms with van der Waals surface area (Å²) in [6.45, 7) is 19.0. The minimum absolute atomic E-state index is 0.00565. The van der Waals surface area contributed by atoms with Crippen molar-refractivity contribution in [2.24, 2.45) is 29.4 Å². The molecular weight excluding hydrogens is 999 g/mol. The molecule has 79 heavy (non-hydrogen) atoms. The highest BCUT2D eigenvalue weighted by molar-refractivity contribution is 5.77. The van der Waals surface area contributed by atoms with Gasteiger partial charge in [-0.05, 0) is 142 Å². The third-order valence-electron chi connectivity index (χ3n) is 14.0. The topological polar surface area (TPSA) is 229 Å². The van der Waals surface area contributed by atoms with Gasteiger partial charge in [0, 0.05) is 37.5 Å². The molecule has 8 rings (SSSR count). The minimum atomic E-state index is -0.801. The van der Waals surface area contributed by atoms with Gasteiger partial charge in [-0.3, -0.25) is 9.59 Å². The maximum atomic E-state index is 12.5. The van der Waals surface area contributed by atoms with Crippen molar-refractivity contribution in [3.8, 4) is 12.1 Å². The molecule has 4 saturated heterocycles. The second kappa shape index (κ2) is 29.0. The molecule has 4 aliphatic rings. The van der Waals surface area contributed by atoms with E-state index in [1.807, 2.05) is 172 Å². The van der Waals surface area contributed by atoms with Crippen molar-refractivity contribution in [1.29, 1.82) is 10.5 Å². The van der Waals surface area contributed by atoms with Gasteiger partial charge in [-0.2, -0.15) is 10.5 Å². The second-order valence-corrected chi connectivity index (χ2v) is 23.6. The summed E-state index contributed by atoms with van der Waals surface area (Å²) >= 11 is 0. The van der Waals surface area contributed by atoms with Gasteiger partial charge in [0.2, 0.25) is 5.91 Å². The summed E-state index contributed by atoms with van der Waals surface area (Å²) in [4.78, 5) is 65.3. The molecule has 16 heteroatoms. The standard InChI is InChI=1S/C17H24N2O3.C17H22N2O2.C17H23NO4.C12H14N2/c1-17(2,3)22-16(21)19-10-9-13(15(18)20)11-14(19)12-7-5-4-6-8-12;1-17(2,3)21-16(20)19-10-9-13(12-18)11-15(19)14-7-5-4-6-8-14;1-17(2,3)22-16(21)18-10-9-13(15(19)20)11-14(18)12-7-5-4-6-8-12;13-9-10-6-7-14-12(8-10)11-4-2-1-3-5-11/h4-8,13-14H,9-11H2,1-3H3,(H2,18,20);4-8,13,15H,9-11H2,1-3H3;4-8,13-14H,9-11H2,1-3H3,(H,19,20);1-5,10,12,14H,6-8H2/t13-,14+;13-,15+;13-,14+;10-,12+/m1111/s1. The van der Waals surface area contributed by atoms with Gasteiger partial charge < -0.3 is 45.1 Å². The molecule has 0 aromatic heterocycles. The number of carboxylic acid groups (broad SMARTS) is 1. The Labute approximate surface area is 468 Å². The third kappa shape index (κ3) is 20.1. The maximum absolute atomic E-state index is 12.5. The molecule has 4 heterocycles. The minimum Gasteiger partial charge on any atom is -0.481 e. The van der Waals surface area contributed by atoms with Crippen LogP contribution in [0.5, 0.6) is 0 Å². The van der Waals surface area contributed by atoms with E-state index in [4.69, 9.17) is 25.2 Å². The molecule has 4 fully saturated rings. The van der Waals surface area contributed by atoms with Crippen LogP contribution in [0.4, 0.5) is 14.4 Å². The fourth-order valence-electron chi connectivity index (χ4n) is 10.1. The van der Waals surface area contributed by atoms with Crippen LogP contribution in [0.25, 0.3) is 0 Å². The molecule has 0 unspecified atom stereocenters. The van der Waals surface area contributed by atoms with E-state index < -0.39 is 28.7 Å². The molecule has 0 radical (unpaired) electrons. The number of nitrogens with zero attached hydrogens (tertiary/aromatic N) is 5. The Bertz CT molecular complexity index is 2560. The number of hydrogen-bond acceptors (Lipinski definition) is 11. The number of nitrogens with one attached hydrogen (secondary N) is 1. The van der Waals surface area contributed by atoms with Crippen molar-refractivity contribution < 1.29 is 43.3 Å². The smallest absolute Gasteiger partial charge is 0.410 e. The highest BCUT2D eigenvalue weighted by Crippen LogP contribution is 2.38. The molecular formula is C63H83N7O9. The van der Waals surface area contributed by atoms with Crippen molar-refractivity contribution >= 4 is 30.2 Å². The normalized spacial score (nSPS) is 23.1. The number of benzene rings is 4. The summed E-state index contributed by atoms with van der Waals surface area (Å²) in [5.74, 6) is -1.52. The summed E-state index contributed by atoms with van der Waals surface area (Å²) < 4.78 is 16.5. The molecule has 16 nitrogen and oxygen atoms in total. The first kappa shape index (κ1) is 62.4. The van der Waals surface area contributed by atoms with Crippen LogP contribution in [0.15, 0.2) is 121 Å². The molecule has 0 aliphatic carbocycles. The number of nitrogens with two attached hydrogens (primary N) is 1. The van der Waals surface area contributed by atoms with E-state index >= 15 is 0 Å². The summed E-state index contributed by atoms with van der Waals surface area (Å²) in [7, 11) is 0. The molecule has 0 spiro atoms. The Morgan fingerprint density at radius 3 is 1.18 bits per heavy atom. The van der Waals surface area contributed by atoms with Gasteiger partial charge in [-0.15, -0.1) is 0 Å². The van der Waals surface area contributed by atoms with E-state index in [2.05, 4.69) is 29.6 Å². The predicted octanol–water partition coefficient (Wildman–Crippen LogP) is 12.5. The first-order valence-electron chi connectivity index (χ1n) is 27.6. The Morgan fingerprint density at radius 2 is 0.823 bits per heavy atom. The number of likely N-dealkylation sites (tertiary alicyclic amines) is 3. The number of hydrogen-bond donors (Lipinski definition) is 3. The lowest BCUT2D eigenvalue weighted by molar-refractivity contribution is -0.144. The van der Waals surface area contributed by atoms with Gasteiger partial charge >= 0.3 is 24.2 Å². The predicted molar refractivity (Wildman–Crippen MR) is 303 cm³/mol. The van der Waals surface area contributed by atoms with Crippen molar-refractivity contribution in [2.45, 2.75) is 155 Å². The number of piperidine rings is 4. The van der Waals surface area contributed by atoms with E-state index in [1.165, 1.54) is 5.56 Å². The Hall–Kier alpha value is -7.43. The molecule has 4 aromatic carbocycles. The molecule has 0 saturated carbocycles. The largest absolute Gasteiger partial charge is 0.481 e. The summed E-state index contributed by atoms with van der Waals surface area (Å²) in [5, 5.41) is 30.8. The van der Waals surface area contributed by atoms with Gasteiger partial charge in [0.05, 0.1) is 42.1 Å². The number of carbonyl (C=O) groups is 5. The zero-order valence-corrected chi connectivity index (χ0v) is 47.7. The van der Waals surface area contributed by atoms with Gasteiger partial charge in [-0.1, -0.05) is 121 Å². The number of aliphatic carboxylic acids is 1. The lowest BCUT2D eigenvalue weighted by Gasteiger charge is -2.39.